The Morgan fingerprint density at radius 2 is 1.63 bits per heavy atom. The maximum absolute atomic E-state index is 12.9. The van der Waals surface area contributed by atoms with Crippen LogP contribution in [0.2, 0.25) is 15.1 Å². The molecule has 5 nitrogen and oxygen atoms in total. The molecule has 1 amide bonds. The van der Waals surface area contributed by atoms with E-state index in [-0.39, 0.29) is 5.82 Å². The van der Waals surface area contributed by atoms with Gasteiger partial charge in [-0.25, -0.2) is 9.67 Å². The van der Waals surface area contributed by atoms with Crippen LogP contribution < -0.4 is 5.32 Å². The van der Waals surface area contributed by atoms with Gasteiger partial charge in [0.05, 0.1) is 16.4 Å². The van der Waals surface area contributed by atoms with Crippen molar-refractivity contribution in [3.8, 4) is 17.1 Å². The van der Waals surface area contributed by atoms with Gasteiger partial charge in [-0.3, -0.25) is 4.79 Å². The third-order valence-corrected chi connectivity index (χ3v) is 5.20. The summed E-state index contributed by atoms with van der Waals surface area (Å²) in [4.78, 5) is 17.4. The number of aromatic nitrogens is 3. The molecule has 8 heteroatoms. The fourth-order valence-corrected chi connectivity index (χ4v) is 3.55. The molecule has 1 N–H and O–H groups in total. The number of nitrogens with one attached hydrogen (secondary N) is 1. The van der Waals surface area contributed by atoms with Crippen LogP contribution in [0.3, 0.4) is 0 Å². The van der Waals surface area contributed by atoms with Crippen LogP contribution in [0.25, 0.3) is 17.1 Å². The summed E-state index contributed by atoms with van der Waals surface area (Å²) in [5, 5.41) is 8.55. The summed E-state index contributed by atoms with van der Waals surface area (Å²) in [7, 11) is 0. The Labute approximate surface area is 188 Å². The van der Waals surface area contributed by atoms with E-state index in [1.807, 2.05) is 43.3 Å². The van der Waals surface area contributed by atoms with Crippen LogP contribution in [-0.4, -0.2) is 20.7 Å². The Morgan fingerprint density at radius 3 is 2.37 bits per heavy atom. The molecule has 0 bridgehead atoms. The highest BCUT2D eigenvalue weighted by molar-refractivity contribution is 6.36. The van der Waals surface area contributed by atoms with Gasteiger partial charge in [-0.05, 0) is 42.8 Å². The summed E-state index contributed by atoms with van der Waals surface area (Å²) in [6.45, 7) is 1.94. The number of carbonyl (C=O) groups is 1. The minimum absolute atomic E-state index is 0.000699. The summed E-state index contributed by atoms with van der Waals surface area (Å²) in [6, 6.07) is 19.8. The van der Waals surface area contributed by atoms with Gasteiger partial charge >= 0.3 is 0 Å². The van der Waals surface area contributed by atoms with Gasteiger partial charge in [0.2, 0.25) is 5.82 Å². The van der Waals surface area contributed by atoms with E-state index in [1.165, 1.54) is 0 Å². The molecule has 0 saturated heterocycles. The Hall–Kier alpha value is -2.86. The zero-order valence-electron chi connectivity index (χ0n) is 15.7. The van der Waals surface area contributed by atoms with Crippen LogP contribution in [0.15, 0.2) is 66.7 Å². The van der Waals surface area contributed by atoms with Gasteiger partial charge < -0.3 is 5.32 Å². The van der Waals surface area contributed by atoms with Crippen molar-refractivity contribution in [1.82, 2.24) is 14.8 Å². The summed E-state index contributed by atoms with van der Waals surface area (Å²) in [6.07, 6.45) is 0. The van der Waals surface area contributed by atoms with Crippen molar-refractivity contribution >= 4 is 46.4 Å². The third kappa shape index (κ3) is 4.19. The van der Waals surface area contributed by atoms with Crippen molar-refractivity contribution in [3.63, 3.8) is 0 Å². The second-order valence-corrected chi connectivity index (χ2v) is 7.83. The first-order valence-electron chi connectivity index (χ1n) is 8.98. The molecule has 0 aliphatic rings. The van der Waals surface area contributed by atoms with E-state index >= 15 is 0 Å². The lowest BCUT2D eigenvalue weighted by Gasteiger charge is -2.09. The first-order chi connectivity index (χ1) is 14.4. The minimum Gasteiger partial charge on any atom is -0.318 e. The number of rotatable bonds is 4. The lowest BCUT2D eigenvalue weighted by molar-refractivity contribution is 0.101. The van der Waals surface area contributed by atoms with Crippen molar-refractivity contribution < 1.29 is 4.79 Å². The number of hydrogen-bond donors (Lipinski definition) is 1. The van der Waals surface area contributed by atoms with E-state index in [1.54, 1.807) is 35.0 Å². The average molecular weight is 458 g/mol. The van der Waals surface area contributed by atoms with Crippen molar-refractivity contribution in [2.24, 2.45) is 0 Å². The summed E-state index contributed by atoms with van der Waals surface area (Å²) in [5.74, 6) is 0.0300. The van der Waals surface area contributed by atoms with E-state index in [2.05, 4.69) is 15.4 Å². The fraction of sp³-hybridized carbons (Fsp3) is 0.0455. The number of halogens is 3. The van der Waals surface area contributed by atoms with Crippen LogP contribution in [0, 0.1) is 6.92 Å². The molecule has 0 atom stereocenters. The van der Waals surface area contributed by atoms with Crippen molar-refractivity contribution in [2.75, 3.05) is 5.32 Å². The number of carbonyl (C=O) groups excluding carboxylic acids is 1. The smallest absolute Gasteiger partial charge is 0.295 e. The maximum Gasteiger partial charge on any atom is 0.295 e. The molecule has 1 heterocycles. The minimum atomic E-state index is -0.491. The first kappa shape index (κ1) is 20.4. The molecular formula is C22H15Cl3N4O. The molecular weight excluding hydrogens is 443 g/mol. The molecule has 0 radical (unpaired) electrons. The summed E-state index contributed by atoms with van der Waals surface area (Å²) < 4.78 is 1.62. The summed E-state index contributed by atoms with van der Waals surface area (Å²) in [5.41, 5.74) is 2.90. The molecule has 0 fully saturated rings. The molecule has 150 valence electrons. The Kier molecular flexibility index (Phi) is 5.77. The molecule has 4 rings (SSSR count). The van der Waals surface area contributed by atoms with E-state index in [9.17, 15) is 4.79 Å². The Morgan fingerprint density at radius 1 is 0.933 bits per heavy atom. The van der Waals surface area contributed by atoms with Crippen LogP contribution in [0.5, 0.6) is 0 Å². The molecule has 30 heavy (non-hydrogen) atoms. The predicted octanol–water partition coefficient (Wildman–Crippen LogP) is 6.46. The third-order valence-electron chi connectivity index (χ3n) is 4.42. The molecule has 0 saturated carbocycles. The van der Waals surface area contributed by atoms with E-state index < -0.39 is 5.91 Å². The first-order valence-corrected chi connectivity index (χ1v) is 10.1. The van der Waals surface area contributed by atoms with Crippen LogP contribution in [0.4, 0.5) is 5.69 Å². The van der Waals surface area contributed by atoms with Crippen LogP contribution in [-0.2, 0) is 0 Å². The molecule has 1 aromatic heterocycles. The van der Waals surface area contributed by atoms with Gasteiger partial charge in [0, 0.05) is 15.6 Å². The Balaban J connectivity index is 1.79. The van der Waals surface area contributed by atoms with Crippen molar-refractivity contribution in [2.45, 2.75) is 6.92 Å². The molecule has 0 aliphatic heterocycles. The van der Waals surface area contributed by atoms with Gasteiger partial charge in [0.25, 0.3) is 5.91 Å². The fourth-order valence-electron chi connectivity index (χ4n) is 2.93. The topological polar surface area (TPSA) is 59.8 Å². The molecule has 0 spiro atoms. The predicted molar refractivity (Wildman–Crippen MR) is 121 cm³/mol. The lowest BCUT2D eigenvalue weighted by Crippen LogP contribution is -2.14. The summed E-state index contributed by atoms with van der Waals surface area (Å²) >= 11 is 18.3. The zero-order valence-corrected chi connectivity index (χ0v) is 18.0. The molecule has 4 aromatic rings. The highest BCUT2D eigenvalue weighted by atomic mass is 35.5. The van der Waals surface area contributed by atoms with E-state index in [0.29, 0.717) is 26.6 Å². The van der Waals surface area contributed by atoms with E-state index in [0.717, 1.165) is 16.8 Å². The second kappa shape index (κ2) is 8.48. The number of aryl methyl sites for hydroxylation is 1. The number of amides is 1. The quantitative estimate of drug-likeness (QED) is 0.383. The average Bonchev–Trinajstić information content (AvgIpc) is 3.18. The molecule has 0 aliphatic carbocycles. The lowest BCUT2D eigenvalue weighted by atomic mass is 10.2. The maximum atomic E-state index is 12.9. The SMILES string of the molecule is Cc1ccc(Cl)cc1-n1nc(C(=O)Nc2ccc(Cl)cc2Cl)nc1-c1ccccc1. The Bertz CT molecular complexity index is 1240. The van der Waals surface area contributed by atoms with Gasteiger partial charge in [-0.15, -0.1) is 5.10 Å². The number of benzene rings is 3. The van der Waals surface area contributed by atoms with Gasteiger partial charge in [-0.2, -0.15) is 0 Å². The van der Waals surface area contributed by atoms with Crippen molar-refractivity contribution in [1.29, 1.82) is 0 Å². The van der Waals surface area contributed by atoms with Crippen LogP contribution >= 0.6 is 34.8 Å². The highest BCUT2D eigenvalue weighted by Crippen LogP contribution is 2.27. The van der Waals surface area contributed by atoms with Gasteiger partial charge in [0.1, 0.15) is 0 Å². The largest absolute Gasteiger partial charge is 0.318 e. The molecule has 3 aromatic carbocycles. The van der Waals surface area contributed by atoms with Gasteiger partial charge in [0.15, 0.2) is 5.82 Å². The monoisotopic (exact) mass is 456 g/mol. The number of nitrogens with zero attached hydrogens (tertiary/aromatic N) is 3. The second-order valence-electron chi connectivity index (χ2n) is 6.55. The standard InChI is InChI=1S/C22H15Cl3N4O/c1-13-7-8-16(24)12-19(13)29-21(14-5-3-2-4-6-14)27-20(28-29)22(30)26-18-10-9-15(23)11-17(18)25/h2-12H,1H3,(H,26,30). The van der Waals surface area contributed by atoms with Crippen molar-refractivity contribution in [3.05, 3.63) is 93.2 Å². The number of anilines is 1. The van der Waals surface area contributed by atoms with Crippen LogP contribution in [0.1, 0.15) is 16.2 Å². The molecule has 0 unspecified atom stereocenters. The normalized spacial score (nSPS) is 10.8. The zero-order chi connectivity index (χ0) is 21.3. The van der Waals surface area contributed by atoms with E-state index in [4.69, 9.17) is 34.8 Å². The number of hydrogen-bond acceptors (Lipinski definition) is 3. The highest BCUT2D eigenvalue weighted by Gasteiger charge is 2.20. The van der Waals surface area contributed by atoms with Gasteiger partial charge in [-0.1, -0.05) is 71.2 Å².